The van der Waals surface area contributed by atoms with Crippen LogP contribution in [0.2, 0.25) is 0 Å². The molecular formula is C28H36F3NO3. The number of hydrogen-bond donors (Lipinski definition) is 2. The summed E-state index contributed by atoms with van der Waals surface area (Å²) in [6.45, 7) is 7.89. The first kappa shape index (κ1) is 25.8. The molecule has 4 nitrogen and oxygen atoms in total. The summed E-state index contributed by atoms with van der Waals surface area (Å²) in [6, 6.07) is 8.08. The molecule has 4 rings (SSSR count). The highest BCUT2D eigenvalue weighted by Crippen LogP contribution is 2.47. The quantitative estimate of drug-likeness (QED) is 0.425. The van der Waals surface area contributed by atoms with Gasteiger partial charge in [-0.2, -0.15) is 13.2 Å². The van der Waals surface area contributed by atoms with Crippen molar-refractivity contribution in [2.75, 3.05) is 0 Å². The maximum absolute atomic E-state index is 14.3. The first-order chi connectivity index (χ1) is 16.4. The van der Waals surface area contributed by atoms with Crippen LogP contribution in [0.5, 0.6) is 5.75 Å². The monoisotopic (exact) mass is 491 g/mol. The molecule has 0 radical (unpaired) electrons. The van der Waals surface area contributed by atoms with Gasteiger partial charge in [-0.25, -0.2) is 0 Å². The van der Waals surface area contributed by atoms with E-state index in [1.165, 1.54) is 6.07 Å². The second-order valence-corrected chi connectivity index (χ2v) is 11.0. The number of carboxylic acids is 1. The molecule has 35 heavy (non-hydrogen) atoms. The summed E-state index contributed by atoms with van der Waals surface area (Å²) in [4.78, 5) is 11.4. The Morgan fingerprint density at radius 3 is 2.40 bits per heavy atom. The highest BCUT2D eigenvalue weighted by molar-refractivity contribution is 5.89. The third-order valence-corrected chi connectivity index (χ3v) is 8.47. The number of ether oxygens (including phenoxy) is 1. The van der Waals surface area contributed by atoms with Crippen LogP contribution in [-0.4, -0.2) is 23.2 Å². The molecule has 0 saturated heterocycles. The van der Waals surface area contributed by atoms with E-state index in [9.17, 15) is 23.1 Å². The Balaban J connectivity index is 1.60. The van der Waals surface area contributed by atoms with Gasteiger partial charge in [-0.3, -0.25) is 4.79 Å². The topological polar surface area (TPSA) is 58.6 Å². The molecule has 2 fully saturated rings. The van der Waals surface area contributed by atoms with E-state index in [4.69, 9.17) is 4.74 Å². The molecule has 3 atom stereocenters. The van der Waals surface area contributed by atoms with Crippen molar-refractivity contribution >= 4 is 16.7 Å². The van der Waals surface area contributed by atoms with Gasteiger partial charge in [0.1, 0.15) is 11.3 Å². The highest BCUT2D eigenvalue weighted by Gasteiger charge is 2.52. The summed E-state index contributed by atoms with van der Waals surface area (Å²) < 4.78 is 49.0. The molecular weight excluding hydrogens is 455 g/mol. The second kappa shape index (κ2) is 9.64. The zero-order valence-corrected chi connectivity index (χ0v) is 20.9. The van der Waals surface area contributed by atoms with Gasteiger partial charge in [0.2, 0.25) is 0 Å². The Kier molecular flexibility index (Phi) is 7.11. The minimum absolute atomic E-state index is 0.0238. The lowest BCUT2D eigenvalue weighted by Gasteiger charge is -2.51. The van der Waals surface area contributed by atoms with E-state index >= 15 is 0 Å². The van der Waals surface area contributed by atoms with Gasteiger partial charge in [0.15, 0.2) is 0 Å². The zero-order chi connectivity index (χ0) is 25.5. The standard InChI is InChI=1S/C28H36F3NO3/c1-5-17-6-11-20(12-7-17)35-23-13-10-18-8-9-19(14-21(18)25(23)28(29,30)31)16(2)32-24-15-22(26(33)34)27(24,3)4/h8-10,13-14,16-17,20,22,24,32H,5-7,11-12,15H2,1-4H3,(H,33,34)/t16-,17-,20+,22-,24+/m0/s1. The molecule has 0 unspecified atom stereocenters. The number of hydrogen-bond acceptors (Lipinski definition) is 3. The van der Waals surface area contributed by atoms with E-state index in [1.54, 1.807) is 18.2 Å². The van der Waals surface area contributed by atoms with Crippen molar-refractivity contribution in [2.45, 2.75) is 90.6 Å². The van der Waals surface area contributed by atoms with E-state index in [1.807, 2.05) is 26.8 Å². The number of alkyl halides is 3. The third-order valence-electron chi connectivity index (χ3n) is 8.47. The number of aliphatic carboxylic acids is 1. The van der Waals surface area contributed by atoms with Crippen LogP contribution in [0.15, 0.2) is 30.3 Å². The predicted molar refractivity (Wildman–Crippen MR) is 130 cm³/mol. The van der Waals surface area contributed by atoms with Crippen LogP contribution in [0.4, 0.5) is 13.2 Å². The van der Waals surface area contributed by atoms with Crippen molar-refractivity contribution in [3.63, 3.8) is 0 Å². The van der Waals surface area contributed by atoms with Crippen molar-refractivity contribution in [3.05, 3.63) is 41.5 Å². The van der Waals surface area contributed by atoms with E-state index in [-0.39, 0.29) is 29.3 Å². The molecule has 0 bridgehead atoms. The number of rotatable bonds is 7. The van der Waals surface area contributed by atoms with Crippen LogP contribution in [-0.2, 0) is 11.0 Å². The van der Waals surface area contributed by atoms with Crippen LogP contribution < -0.4 is 10.1 Å². The fraction of sp³-hybridized carbons (Fsp3) is 0.607. The summed E-state index contributed by atoms with van der Waals surface area (Å²) in [5.74, 6) is -0.687. The fourth-order valence-corrected chi connectivity index (χ4v) is 5.84. The molecule has 0 amide bonds. The van der Waals surface area contributed by atoms with E-state index in [0.29, 0.717) is 17.7 Å². The first-order valence-electron chi connectivity index (χ1n) is 12.7. The van der Waals surface area contributed by atoms with Crippen molar-refractivity contribution in [3.8, 4) is 5.75 Å². The van der Waals surface area contributed by atoms with Gasteiger partial charge in [0.05, 0.1) is 12.0 Å². The minimum atomic E-state index is -4.55. The van der Waals surface area contributed by atoms with Crippen LogP contribution in [0, 0.1) is 17.3 Å². The Bertz CT molecular complexity index is 1070. The van der Waals surface area contributed by atoms with E-state index in [0.717, 1.165) is 37.7 Å². The van der Waals surface area contributed by atoms with Gasteiger partial charge in [0.25, 0.3) is 0 Å². The molecule has 2 aliphatic carbocycles. The van der Waals surface area contributed by atoms with Crippen LogP contribution in [0.1, 0.15) is 83.4 Å². The number of halogens is 3. The predicted octanol–water partition coefficient (Wildman–Crippen LogP) is 7.36. The summed E-state index contributed by atoms with van der Waals surface area (Å²) in [7, 11) is 0. The maximum atomic E-state index is 14.3. The highest BCUT2D eigenvalue weighted by atomic mass is 19.4. The number of benzene rings is 2. The summed E-state index contributed by atoms with van der Waals surface area (Å²) >= 11 is 0. The van der Waals surface area contributed by atoms with Gasteiger partial charge in [-0.05, 0) is 78.8 Å². The molecule has 2 saturated carbocycles. The number of nitrogens with one attached hydrogen (secondary N) is 1. The second-order valence-electron chi connectivity index (χ2n) is 11.0. The summed E-state index contributed by atoms with van der Waals surface area (Å²) in [6.07, 6.45) is 0.408. The van der Waals surface area contributed by atoms with Gasteiger partial charge in [-0.1, -0.05) is 45.4 Å². The zero-order valence-electron chi connectivity index (χ0n) is 20.9. The molecule has 0 aliphatic heterocycles. The van der Waals surface area contributed by atoms with E-state index < -0.39 is 29.0 Å². The average molecular weight is 492 g/mol. The first-order valence-corrected chi connectivity index (χ1v) is 12.7. The van der Waals surface area contributed by atoms with Crippen LogP contribution in [0.3, 0.4) is 0 Å². The molecule has 2 aromatic carbocycles. The van der Waals surface area contributed by atoms with Gasteiger partial charge >= 0.3 is 12.1 Å². The van der Waals surface area contributed by atoms with Crippen molar-refractivity contribution in [2.24, 2.45) is 17.3 Å². The lowest BCUT2D eigenvalue weighted by atomic mass is 9.58. The average Bonchev–Trinajstić information content (AvgIpc) is 2.80. The Hall–Kier alpha value is -2.28. The van der Waals surface area contributed by atoms with Crippen molar-refractivity contribution in [1.29, 1.82) is 0 Å². The minimum Gasteiger partial charge on any atom is -0.490 e. The van der Waals surface area contributed by atoms with Crippen molar-refractivity contribution < 1.29 is 27.8 Å². The molecule has 0 aromatic heterocycles. The third kappa shape index (κ3) is 5.16. The lowest BCUT2D eigenvalue weighted by Crippen LogP contribution is -2.59. The van der Waals surface area contributed by atoms with Crippen molar-refractivity contribution in [1.82, 2.24) is 5.32 Å². The number of fused-ring (bicyclic) bond motifs is 1. The number of carbonyl (C=O) groups is 1. The van der Waals surface area contributed by atoms with Gasteiger partial charge in [0, 0.05) is 12.1 Å². The Labute approximate surface area is 205 Å². The number of carboxylic acid groups (broad SMARTS) is 1. The molecule has 2 aromatic rings. The fourth-order valence-electron chi connectivity index (χ4n) is 5.84. The molecule has 2 N–H and O–H groups in total. The SMILES string of the molecule is CC[C@H]1CC[C@@H](Oc2ccc3ccc([C@H](C)N[C@@H]4C[C@@H](C(=O)O)C4(C)C)cc3c2C(F)(F)F)CC1. The maximum Gasteiger partial charge on any atom is 0.420 e. The normalized spacial score (nSPS) is 27.3. The molecule has 192 valence electrons. The molecule has 0 heterocycles. The Morgan fingerprint density at radius 2 is 1.83 bits per heavy atom. The van der Waals surface area contributed by atoms with E-state index in [2.05, 4.69) is 12.2 Å². The van der Waals surface area contributed by atoms with Crippen LogP contribution >= 0.6 is 0 Å². The smallest absolute Gasteiger partial charge is 0.420 e. The summed E-state index contributed by atoms with van der Waals surface area (Å²) in [5.41, 5.74) is -0.402. The largest absolute Gasteiger partial charge is 0.490 e. The van der Waals surface area contributed by atoms with Crippen LogP contribution in [0.25, 0.3) is 10.8 Å². The Morgan fingerprint density at radius 1 is 1.17 bits per heavy atom. The summed E-state index contributed by atoms with van der Waals surface area (Å²) in [5, 5.41) is 13.5. The lowest BCUT2D eigenvalue weighted by molar-refractivity contribution is -0.155. The van der Waals surface area contributed by atoms with Gasteiger partial charge in [-0.15, -0.1) is 0 Å². The molecule has 0 spiro atoms. The molecule has 2 aliphatic rings. The van der Waals surface area contributed by atoms with Gasteiger partial charge < -0.3 is 15.2 Å². The molecule has 7 heteroatoms.